The van der Waals surface area contributed by atoms with Crippen LogP contribution in [0, 0.1) is 17.2 Å². The Morgan fingerprint density at radius 3 is 2.89 bits per heavy atom. The van der Waals surface area contributed by atoms with E-state index in [1.807, 2.05) is 18.2 Å². The van der Waals surface area contributed by atoms with Crippen molar-refractivity contribution in [3.63, 3.8) is 0 Å². The van der Waals surface area contributed by atoms with Gasteiger partial charge in [-0.3, -0.25) is 4.79 Å². The van der Waals surface area contributed by atoms with Crippen LogP contribution in [0.3, 0.4) is 0 Å². The molecule has 4 nitrogen and oxygen atoms in total. The molecule has 0 spiro atoms. The fourth-order valence-electron chi connectivity index (χ4n) is 1.88. The maximum atomic E-state index is 11.8. The molecule has 1 aromatic heterocycles. The van der Waals surface area contributed by atoms with Gasteiger partial charge in [0, 0.05) is 22.4 Å². The Bertz CT molecular complexity index is 668. The zero-order valence-corrected chi connectivity index (χ0v) is 10.4. The molecule has 0 fully saturated rings. The van der Waals surface area contributed by atoms with Crippen molar-refractivity contribution in [1.82, 2.24) is 4.98 Å². The minimum atomic E-state index is -0.172. The third-order valence-corrected chi connectivity index (χ3v) is 2.87. The summed E-state index contributed by atoms with van der Waals surface area (Å²) in [5.41, 5.74) is 1.27. The quantitative estimate of drug-likeness (QED) is 0.897. The van der Waals surface area contributed by atoms with Crippen molar-refractivity contribution in [3.8, 4) is 11.8 Å². The highest BCUT2D eigenvalue weighted by Gasteiger charge is 2.08. The van der Waals surface area contributed by atoms with Gasteiger partial charge in [-0.2, -0.15) is 5.26 Å². The largest absolute Gasteiger partial charge is 0.497 e. The Morgan fingerprint density at radius 1 is 1.44 bits per heavy atom. The van der Waals surface area contributed by atoms with E-state index in [1.54, 1.807) is 20.1 Å². The number of nitrogens with one attached hydrogen (secondary N) is 1. The molecule has 1 heterocycles. The van der Waals surface area contributed by atoms with Gasteiger partial charge >= 0.3 is 0 Å². The van der Waals surface area contributed by atoms with Gasteiger partial charge in [0.15, 0.2) is 0 Å². The second-order valence-electron chi connectivity index (χ2n) is 4.31. The zero-order chi connectivity index (χ0) is 13.1. The number of pyridine rings is 1. The van der Waals surface area contributed by atoms with Crippen LogP contribution in [-0.2, 0) is 6.42 Å². The Balaban J connectivity index is 2.52. The average molecular weight is 242 g/mol. The summed E-state index contributed by atoms with van der Waals surface area (Å²) in [6, 6.07) is 9.44. The maximum Gasteiger partial charge on any atom is 0.251 e. The van der Waals surface area contributed by atoms with Gasteiger partial charge in [-0.15, -0.1) is 0 Å². The number of methoxy groups -OCH3 is 1. The lowest BCUT2D eigenvalue weighted by atomic mass is 10.0. The summed E-state index contributed by atoms with van der Waals surface area (Å²) in [5, 5.41) is 9.71. The van der Waals surface area contributed by atoms with Gasteiger partial charge in [-0.25, -0.2) is 0 Å². The van der Waals surface area contributed by atoms with Crippen LogP contribution in [-0.4, -0.2) is 12.1 Å². The number of ether oxygens (including phenoxy) is 1. The number of rotatable bonds is 3. The second kappa shape index (κ2) is 4.92. The number of hydrogen-bond donors (Lipinski definition) is 1. The molecule has 1 atom stereocenters. The van der Waals surface area contributed by atoms with Crippen molar-refractivity contribution in [1.29, 1.82) is 5.26 Å². The van der Waals surface area contributed by atoms with E-state index in [9.17, 15) is 4.79 Å². The van der Waals surface area contributed by atoms with E-state index >= 15 is 0 Å². The second-order valence-corrected chi connectivity index (χ2v) is 4.31. The molecule has 0 bridgehead atoms. The number of nitrogens with zero attached hydrogens (tertiary/aromatic N) is 1. The Kier molecular flexibility index (Phi) is 3.33. The lowest BCUT2D eigenvalue weighted by molar-refractivity contribution is 0.415. The van der Waals surface area contributed by atoms with Gasteiger partial charge in [-0.1, -0.05) is 0 Å². The van der Waals surface area contributed by atoms with Crippen LogP contribution >= 0.6 is 0 Å². The highest BCUT2D eigenvalue weighted by Crippen LogP contribution is 2.19. The molecule has 18 heavy (non-hydrogen) atoms. The summed E-state index contributed by atoms with van der Waals surface area (Å²) in [4.78, 5) is 14.7. The Labute approximate surface area is 105 Å². The molecule has 0 amide bonds. The maximum absolute atomic E-state index is 11.8. The van der Waals surface area contributed by atoms with Gasteiger partial charge in [-0.05, 0) is 37.6 Å². The highest BCUT2D eigenvalue weighted by atomic mass is 16.5. The molecule has 0 aliphatic rings. The molecule has 2 rings (SSSR count). The summed E-state index contributed by atoms with van der Waals surface area (Å²) in [5.74, 6) is 0.572. The van der Waals surface area contributed by atoms with E-state index in [1.165, 1.54) is 0 Å². The van der Waals surface area contributed by atoms with E-state index in [2.05, 4.69) is 11.1 Å². The van der Waals surface area contributed by atoms with Gasteiger partial charge < -0.3 is 9.72 Å². The molecule has 92 valence electrons. The predicted octanol–water partition coefficient (Wildman–Crippen LogP) is 2.24. The summed E-state index contributed by atoms with van der Waals surface area (Å²) in [7, 11) is 1.60. The van der Waals surface area contributed by atoms with Crippen LogP contribution < -0.4 is 10.3 Å². The van der Waals surface area contributed by atoms with Gasteiger partial charge in [0.25, 0.3) is 5.56 Å². The standard InChI is InChI=1S/C14H14N2O2/c1-9(8-15)5-11-6-10-7-12(18-2)3-4-13(10)16-14(11)17/h3-4,6-7,9H,5H2,1-2H3,(H,16,17). The number of H-pyrrole nitrogens is 1. The lowest BCUT2D eigenvalue weighted by Gasteiger charge is -2.06. The van der Waals surface area contributed by atoms with Gasteiger partial charge in [0.2, 0.25) is 0 Å². The van der Waals surface area contributed by atoms with Gasteiger partial charge in [0.1, 0.15) is 5.75 Å². The van der Waals surface area contributed by atoms with Crippen LogP contribution in [0.4, 0.5) is 0 Å². The molecule has 4 heteroatoms. The first-order valence-electron chi connectivity index (χ1n) is 5.73. The minimum absolute atomic E-state index is 0.130. The predicted molar refractivity (Wildman–Crippen MR) is 69.6 cm³/mol. The molecule has 2 aromatic rings. The first kappa shape index (κ1) is 12.2. The minimum Gasteiger partial charge on any atom is -0.497 e. The van der Waals surface area contributed by atoms with E-state index in [4.69, 9.17) is 10.00 Å². The van der Waals surface area contributed by atoms with E-state index < -0.39 is 0 Å². The zero-order valence-electron chi connectivity index (χ0n) is 10.4. The molecule has 0 aliphatic carbocycles. The third kappa shape index (κ3) is 2.35. The van der Waals surface area contributed by atoms with Crippen LogP contribution in [0.25, 0.3) is 10.9 Å². The van der Waals surface area contributed by atoms with Crippen LogP contribution in [0.5, 0.6) is 5.75 Å². The van der Waals surface area contributed by atoms with Crippen molar-refractivity contribution in [2.24, 2.45) is 5.92 Å². The summed E-state index contributed by atoms with van der Waals surface area (Å²) >= 11 is 0. The van der Waals surface area contributed by atoms with Crippen molar-refractivity contribution >= 4 is 10.9 Å². The Hall–Kier alpha value is -2.28. The number of hydrogen-bond acceptors (Lipinski definition) is 3. The highest BCUT2D eigenvalue weighted by molar-refractivity contribution is 5.80. The van der Waals surface area contributed by atoms with E-state index in [0.717, 1.165) is 16.7 Å². The van der Waals surface area contributed by atoms with Crippen molar-refractivity contribution in [3.05, 3.63) is 40.2 Å². The smallest absolute Gasteiger partial charge is 0.251 e. The summed E-state index contributed by atoms with van der Waals surface area (Å²) < 4.78 is 5.15. The number of nitriles is 1. The molecular weight excluding hydrogens is 228 g/mol. The number of aromatic nitrogens is 1. The monoisotopic (exact) mass is 242 g/mol. The van der Waals surface area contributed by atoms with E-state index in [-0.39, 0.29) is 11.5 Å². The lowest BCUT2D eigenvalue weighted by Crippen LogP contribution is -2.14. The molecule has 0 saturated heterocycles. The topological polar surface area (TPSA) is 65.9 Å². The molecule has 1 unspecified atom stereocenters. The van der Waals surface area contributed by atoms with Crippen molar-refractivity contribution in [2.45, 2.75) is 13.3 Å². The van der Waals surface area contributed by atoms with Crippen molar-refractivity contribution in [2.75, 3.05) is 7.11 Å². The number of aromatic amines is 1. The van der Waals surface area contributed by atoms with Crippen LogP contribution in [0.15, 0.2) is 29.1 Å². The summed E-state index contributed by atoms with van der Waals surface area (Å²) in [6.45, 7) is 1.80. The normalized spacial score (nSPS) is 12.1. The SMILES string of the molecule is COc1ccc2[nH]c(=O)c(CC(C)C#N)cc2c1. The molecule has 1 aromatic carbocycles. The summed E-state index contributed by atoms with van der Waals surface area (Å²) in [6.07, 6.45) is 0.457. The number of benzene rings is 1. The first-order valence-corrected chi connectivity index (χ1v) is 5.73. The molecule has 0 saturated carbocycles. The molecule has 0 aliphatic heterocycles. The molecule has 1 N–H and O–H groups in total. The van der Waals surface area contributed by atoms with Gasteiger partial charge in [0.05, 0.1) is 13.2 Å². The fraction of sp³-hybridized carbons (Fsp3) is 0.286. The molecule has 0 radical (unpaired) electrons. The first-order chi connectivity index (χ1) is 8.63. The number of fused-ring (bicyclic) bond motifs is 1. The van der Waals surface area contributed by atoms with Crippen LogP contribution in [0.2, 0.25) is 0 Å². The van der Waals surface area contributed by atoms with Crippen molar-refractivity contribution < 1.29 is 4.74 Å². The van der Waals surface area contributed by atoms with Crippen LogP contribution in [0.1, 0.15) is 12.5 Å². The van der Waals surface area contributed by atoms with E-state index in [0.29, 0.717) is 12.0 Å². The fourth-order valence-corrected chi connectivity index (χ4v) is 1.88. The Morgan fingerprint density at radius 2 is 2.22 bits per heavy atom. The third-order valence-electron chi connectivity index (χ3n) is 2.87. The molecular formula is C14H14N2O2. The average Bonchev–Trinajstić information content (AvgIpc) is 2.39.